The molecule has 2 heterocycles. The number of nitrogens with one attached hydrogen (secondary N) is 2. The Bertz CT molecular complexity index is 913. The lowest BCUT2D eigenvalue weighted by Crippen LogP contribution is -2.46. The van der Waals surface area contributed by atoms with Gasteiger partial charge in [-0.05, 0) is 43.5 Å². The maximum Gasteiger partial charge on any atom is 0.309 e. The Hall–Kier alpha value is -2.65. The Morgan fingerprint density at radius 2 is 1.79 bits per heavy atom. The van der Waals surface area contributed by atoms with E-state index >= 15 is 0 Å². The smallest absolute Gasteiger partial charge is 0.309 e. The summed E-state index contributed by atoms with van der Waals surface area (Å²) < 4.78 is 32.6. The maximum absolute atomic E-state index is 13.0. The van der Waals surface area contributed by atoms with E-state index in [4.69, 9.17) is 4.42 Å². The summed E-state index contributed by atoms with van der Waals surface area (Å²) in [5.41, 5.74) is 0. The van der Waals surface area contributed by atoms with E-state index in [0.717, 1.165) is 19.3 Å². The fraction of sp³-hybridized carbons (Fsp3) is 0.400. The molecule has 0 radical (unpaired) electrons. The van der Waals surface area contributed by atoms with Gasteiger partial charge in [0.2, 0.25) is 10.0 Å². The van der Waals surface area contributed by atoms with E-state index in [2.05, 4.69) is 10.6 Å². The number of nitrogens with zero attached hydrogens (tertiary/aromatic N) is 1. The molecule has 1 aliphatic rings. The second kappa shape index (κ2) is 9.71. The Balaban J connectivity index is 1.51. The molecule has 1 saturated heterocycles. The van der Waals surface area contributed by atoms with Crippen molar-refractivity contribution in [1.82, 2.24) is 14.9 Å². The lowest BCUT2D eigenvalue weighted by Gasteiger charge is -2.34. The van der Waals surface area contributed by atoms with E-state index in [0.29, 0.717) is 18.7 Å². The van der Waals surface area contributed by atoms with Crippen LogP contribution in [0.5, 0.6) is 0 Å². The fourth-order valence-corrected chi connectivity index (χ4v) is 5.14. The van der Waals surface area contributed by atoms with E-state index in [1.165, 1.54) is 10.6 Å². The van der Waals surface area contributed by atoms with Crippen LogP contribution in [-0.4, -0.2) is 43.7 Å². The molecule has 9 heteroatoms. The van der Waals surface area contributed by atoms with Gasteiger partial charge in [0.05, 0.1) is 17.7 Å². The van der Waals surface area contributed by atoms with E-state index in [1.54, 1.807) is 42.5 Å². The number of hydrogen-bond acceptors (Lipinski definition) is 5. The van der Waals surface area contributed by atoms with Crippen molar-refractivity contribution >= 4 is 21.8 Å². The van der Waals surface area contributed by atoms with Crippen molar-refractivity contribution in [3.8, 4) is 0 Å². The van der Waals surface area contributed by atoms with Gasteiger partial charge in [0.1, 0.15) is 5.76 Å². The van der Waals surface area contributed by atoms with Gasteiger partial charge < -0.3 is 15.1 Å². The van der Waals surface area contributed by atoms with Crippen LogP contribution in [0.25, 0.3) is 0 Å². The molecule has 156 valence electrons. The van der Waals surface area contributed by atoms with Crippen LogP contribution in [0, 0.1) is 0 Å². The Morgan fingerprint density at radius 3 is 2.52 bits per heavy atom. The first-order valence-corrected chi connectivity index (χ1v) is 11.1. The first-order valence-electron chi connectivity index (χ1n) is 9.64. The van der Waals surface area contributed by atoms with Crippen LogP contribution in [0.15, 0.2) is 58.0 Å². The summed E-state index contributed by atoms with van der Waals surface area (Å²) in [6.07, 6.45) is 4.41. The third kappa shape index (κ3) is 5.45. The predicted octanol–water partition coefficient (Wildman–Crippen LogP) is 1.65. The Kier molecular flexibility index (Phi) is 7.05. The summed E-state index contributed by atoms with van der Waals surface area (Å²) in [5.74, 6) is -0.946. The van der Waals surface area contributed by atoms with Crippen LogP contribution >= 0.6 is 0 Å². The topological polar surface area (TPSA) is 109 Å². The average Bonchev–Trinajstić information content (AvgIpc) is 3.26. The van der Waals surface area contributed by atoms with Crippen molar-refractivity contribution in [2.24, 2.45) is 0 Å². The summed E-state index contributed by atoms with van der Waals surface area (Å²) in [7, 11) is -3.58. The molecule has 0 spiro atoms. The molecule has 0 aliphatic carbocycles. The third-order valence-corrected chi connectivity index (χ3v) is 6.86. The lowest BCUT2D eigenvalue weighted by molar-refractivity contribution is -0.139. The van der Waals surface area contributed by atoms with E-state index < -0.39 is 21.8 Å². The molecule has 29 heavy (non-hydrogen) atoms. The number of rotatable bonds is 7. The minimum Gasteiger partial charge on any atom is -0.467 e. The van der Waals surface area contributed by atoms with Crippen molar-refractivity contribution in [1.29, 1.82) is 0 Å². The molecule has 0 saturated carbocycles. The van der Waals surface area contributed by atoms with Gasteiger partial charge in [-0.2, -0.15) is 4.31 Å². The zero-order valence-corrected chi connectivity index (χ0v) is 16.9. The molecule has 1 aromatic carbocycles. The number of sulfonamides is 1. The quantitative estimate of drug-likeness (QED) is 0.664. The highest BCUT2D eigenvalue weighted by Gasteiger charge is 2.33. The highest BCUT2D eigenvalue weighted by Crippen LogP contribution is 2.26. The zero-order chi connectivity index (χ0) is 20.7. The number of piperidine rings is 1. The summed E-state index contributed by atoms with van der Waals surface area (Å²) in [6, 6.07) is 11.5. The molecule has 1 aliphatic heterocycles. The lowest BCUT2D eigenvalue weighted by atomic mass is 10.0. The van der Waals surface area contributed by atoms with Crippen LogP contribution in [0.2, 0.25) is 0 Å². The average molecular weight is 420 g/mol. The Morgan fingerprint density at radius 1 is 1.03 bits per heavy atom. The molecule has 8 nitrogen and oxygen atoms in total. The van der Waals surface area contributed by atoms with Gasteiger partial charge in [0.15, 0.2) is 0 Å². The van der Waals surface area contributed by atoms with Crippen LogP contribution in [0.4, 0.5) is 0 Å². The van der Waals surface area contributed by atoms with E-state index in [1.807, 2.05) is 0 Å². The standard InChI is InChI=1S/C20H25N3O5S/c24-19(20(25)22-15-17-8-6-14-28-17)21-12-11-16-7-4-5-13-23(16)29(26,27)18-9-2-1-3-10-18/h1-3,6,8-10,14,16H,4-5,7,11-13,15H2,(H,21,24)(H,22,25)/t16-/m0/s1. The number of benzene rings is 1. The molecule has 1 fully saturated rings. The molecular weight excluding hydrogens is 394 g/mol. The van der Waals surface area contributed by atoms with Crippen molar-refractivity contribution in [3.63, 3.8) is 0 Å². The normalized spacial score (nSPS) is 17.6. The van der Waals surface area contributed by atoms with Gasteiger partial charge in [-0.1, -0.05) is 24.6 Å². The van der Waals surface area contributed by atoms with Gasteiger partial charge in [-0.25, -0.2) is 8.42 Å². The molecule has 0 unspecified atom stereocenters. The maximum atomic E-state index is 13.0. The number of hydrogen-bond donors (Lipinski definition) is 2. The summed E-state index contributed by atoms with van der Waals surface area (Å²) in [6.45, 7) is 0.808. The predicted molar refractivity (Wildman–Crippen MR) is 106 cm³/mol. The van der Waals surface area contributed by atoms with Gasteiger partial charge in [-0.3, -0.25) is 9.59 Å². The van der Waals surface area contributed by atoms with Crippen LogP contribution < -0.4 is 10.6 Å². The van der Waals surface area contributed by atoms with Crippen molar-refractivity contribution < 1.29 is 22.4 Å². The summed E-state index contributed by atoms with van der Waals surface area (Å²) in [4.78, 5) is 24.1. The number of amides is 2. The molecule has 3 rings (SSSR count). The molecule has 0 bridgehead atoms. The third-order valence-electron chi connectivity index (χ3n) is 4.90. The minimum absolute atomic E-state index is 0.130. The second-order valence-corrected chi connectivity index (χ2v) is 8.78. The van der Waals surface area contributed by atoms with Gasteiger partial charge in [0.25, 0.3) is 0 Å². The van der Waals surface area contributed by atoms with Gasteiger partial charge in [0, 0.05) is 19.1 Å². The van der Waals surface area contributed by atoms with Crippen LogP contribution in [0.3, 0.4) is 0 Å². The van der Waals surface area contributed by atoms with Crippen molar-refractivity contribution in [3.05, 3.63) is 54.5 Å². The van der Waals surface area contributed by atoms with Gasteiger partial charge in [-0.15, -0.1) is 0 Å². The summed E-state index contributed by atoms with van der Waals surface area (Å²) in [5, 5.41) is 5.05. The zero-order valence-electron chi connectivity index (χ0n) is 16.0. The first kappa shape index (κ1) is 21.1. The fourth-order valence-electron chi connectivity index (χ4n) is 3.40. The highest BCUT2D eigenvalue weighted by atomic mass is 32.2. The molecular formula is C20H25N3O5S. The Labute approximate surface area is 170 Å². The van der Waals surface area contributed by atoms with Crippen molar-refractivity contribution in [2.45, 2.75) is 43.2 Å². The SMILES string of the molecule is O=C(NCC[C@@H]1CCCCN1S(=O)(=O)c1ccccc1)C(=O)NCc1ccco1. The van der Waals surface area contributed by atoms with Gasteiger partial charge >= 0.3 is 11.8 Å². The molecule has 2 N–H and O–H groups in total. The molecule has 1 aromatic heterocycles. The van der Waals surface area contributed by atoms with Crippen molar-refractivity contribution in [2.75, 3.05) is 13.1 Å². The number of carbonyl (C=O) groups excluding carboxylic acids is 2. The monoisotopic (exact) mass is 419 g/mol. The van der Waals surface area contributed by atoms with E-state index in [9.17, 15) is 18.0 Å². The molecule has 1 atom stereocenters. The van der Waals surface area contributed by atoms with Crippen LogP contribution in [0.1, 0.15) is 31.4 Å². The molecule has 2 aromatic rings. The highest BCUT2D eigenvalue weighted by molar-refractivity contribution is 7.89. The summed E-state index contributed by atoms with van der Waals surface area (Å²) >= 11 is 0. The van der Waals surface area contributed by atoms with Crippen LogP contribution in [-0.2, 0) is 26.2 Å². The number of carbonyl (C=O) groups is 2. The first-order chi connectivity index (χ1) is 14.0. The molecule has 2 amide bonds. The minimum atomic E-state index is -3.58. The number of furan rings is 1. The van der Waals surface area contributed by atoms with E-state index in [-0.39, 0.29) is 24.0 Å². The largest absolute Gasteiger partial charge is 0.467 e. The second-order valence-electron chi connectivity index (χ2n) is 6.89.